The van der Waals surface area contributed by atoms with E-state index in [4.69, 9.17) is 15.9 Å². The topological polar surface area (TPSA) is 120 Å². The number of nitrogens with zero attached hydrogens (tertiary/aromatic N) is 6. The van der Waals surface area contributed by atoms with Gasteiger partial charge in [0.2, 0.25) is 0 Å². The number of rotatable bonds is 11. The molecule has 0 aliphatic heterocycles. The maximum atomic E-state index is 14.4. The molecule has 230 valence electrons. The third-order valence-electron chi connectivity index (χ3n) is 7.90. The Labute approximate surface area is 258 Å². The van der Waals surface area contributed by atoms with Crippen molar-refractivity contribution >= 4 is 49.0 Å². The molecule has 4 aromatic carbocycles. The summed E-state index contributed by atoms with van der Waals surface area (Å²) in [6, 6.07) is 24.5. The molecular weight excluding hydrogens is 574 g/mol. The highest BCUT2D eigenvalue weighted by molar-refractivity contribution is 7.93. The summed E-state index contributed by atoms with van der Waals surface area (Å²) in [5, 5.41) is 13.5. The lowest BCUT2D eigenvalue weighted by Gasteiger charge is -2.27. The summed E-state index contributed by atoms with van der Waals surface area (Å²) >= 11 is 0. The van der Waals surface area contributed by atoms with Crippen LogP contribution in [0.3, 0.4) is 0 Å². The number of fused-ring (bicyclic) bond motifs is 2. The molecule has 3 N–H and O–H groups in total. The van der Waals surface area contributed by atoms with Gasteiger partial charge in [-0.3, -0.25) is 4.31 Å². The second-order valence-electron chi connectivity index (χ2n) is 11.3. The van der Waals surface area contributed by atoms with E-state index in [1.165, 1.54) is 4.31 Å². The fraction of sp³-hybridized carbons (Fsp3) is 0.273. The normalized spacial score (nSPS) is 12.4. The Hall–Kier alpha value is -4.61. The van der Waals surface area contributed by atoms with E-state index in [2.05, 4.69) is 9.72 Å². The highest BCUT2D eigenvalue weighted by Crippen LogP contribution is 2.34. The lowest BCUT2D eigenvalue weighted by Crippen LogP contribution is -2.36. The summed E-state index contributed by atoms with van der Waals surface area (Å²) in [7, 11) is 5.82. The van der Waals surface area contributed by atoms with Gasteiger partial charge in [0.15, 0.2) is 5.84 Å². The summed E-state index contributed by atoms with van der Waals surface area (Å²) < 4.78 is 32.4. The summed E-state index contributed by atoms with van der Waals surface area (Å²) in [6.07, 6.45) is 1.44. The Morgan fingerprint density at radius 2 is 1.61 bits per heavy atom. The van der Waals surface area contributed by atoms with E-state index in [9.17, 15) is 8.42 Å². The molecule has 0 radical (unpaired) electrons. The Balaban J connectivity index is 1.50. The molecule has 10 nitrogen and oxygen atoms in total. The Morgan fingerprint density at radius 3 is 2.30 bits per heavy atom. The monoisotopic (exact) mass is 613 g/mol. The zero-order valence-corrected chi connectivity index (χ0v) is 26.6. The van der Waals surface area contributed by atoms with Crippen molar-refractivity contribution in [3.8, 4) is 0 Å². The molecule has 0 fully saturated rings. The average molecular weight is 614 g/mol. The van der Waals surface area contributed by atoms with Gasteiger partial charge in [0.25, 0.3) is 10.0 Å². The van der Waals surface area contributed by atoms with Crippen LogP contribution in [0.15, 0.2) is 88.9 Å². The number of aromatic nitrogens is 2. The van der Waals surface area contributed by atoms with Crippen molar-refractivity contribution in [3.05, 3.63) is 95.8 Å². The number of oxime groups is 1. The summed E-state index contributed by atoms with van der Waals surface area (Å²) in [6.45, 7) is 0.832. The van der Waals surface area contributed by atoms with Crippen LogP contribution in [-0.2, 0) is 29.9 Å². The van der Waals surface area contributed by atoms with Crippen LogP contribution in [0.25, 0.3) is 21.8 Å². The summed E-state index contributed by atoms with van der Waals surface area (Å²) in [4.78, 5) is 9.16. The average Bonchev–Trinajstić information content (AvgIpc) is 3.33. The van der Waals surface area contributed by atoms with Crippen LogP contribution in [0.1, 0.15) is 17.0 Å². The van der Waals surface area contributed by atoms with Crippen LogP contribution in [-0.4, -0.2) is 75.2 Å². The van der Waals surface area contributed by atoms with Gasteiger partial charge >= 0.3 is 0 Å². The van der Waals surface area contributed by atoms with Gasteiger partial charge in [-0.05, 0) is 56.4 Å². The summed E-state index contributed by atoms with van der Waals surface area (Å²) in [5.41, 5.74) is 10.6. The number of nitrogens with two attached hydrogens (primary N) is 1. The van der Waals surface area contributed by atoms with Gasteiger partial charge in [-0.2, -0.15) is 0 Å². The highest BCUT2D eigenvalue weighted by Gasteiger charge is 2.28. The van der Waals surface area contributed by atoms with Crippen molar-refractivity contribution in [2.75, 3.05) is 50.5 Å². The Kier molecular flexibility index (Phi) is 8.80. The second-order valence-corrected chi connectivity index (χ2v) is 13.2. The minimum absolute atomic E-state index is 0.0723. The van der Waals surface area contributed by atoms with Crippen molar-refractivity contribution < 1.29 is 13.6 Å². The predicted octanol–water partition coefficient (Wildman–Crippen LogP) is 4.43. The molecule has 0 saturated carbocycles. The van der Waals surface area contributed by atoms with Crippen molar-refractivity contribution in [1.29, 1.82) is 0 Å². The van der Waals surface area contributed by atoms with Gasteiger partial charge in [0.1, 0.15) is 5.82 Å². The number of anilines is 2. The SMILES string of the molecule is CN(C)CCN(c1ccc2c(c1)nc(CCc1ccc(/C(N)=N/O)cc1)n2C)S(=O)(=O)c1cccc2c(N(C)C)cccc12. The zero-order valence-electron chi connectivity index (χ0n) is 25.8. The molecule has 0 aliphatic carbocycles. The van der Waals surface area contributed by atoms with E-state index in [1.54, 1.807) is 6.07 Å². The van der Waals surface area contributed by atoms with Crippen LogP contribution in [0, 0.1) is 0 Å². The summed E-state index contributed by atoms with van der Waals surface area (Å²) in [5.74, 6) is 0.966. The Bertz CT molecular complexity index is 1930. The van der Waals surface area contributed by atoms with Crippen molar-refractivity contribution in [2.24, 2.45) is 17.9 Å². The van der Waals surface area contributed by atoms with Crippen LogP contribution in [0.5, 0.6) is 0 Å². The number of amidine groups is 1. The molecule has 0 bridgehead atoms. The van der Waals surface area contributed by atoms with E-state index in [1.807, 2.05) is 118 Å². The number of likely N-dealkylation sites (N-methyl/N-ethyl adjacent to an activating group) is 1. The van der Waals surface area contributed by atoms with Crippen molar-refractivity contribution in [3.63, 3.8) is 0 Å². The maximum absolute atomic E-state index is 14.4. The smallest absolute Gasteiger partial charge is 0.264 e. The lowest BCUT2D eigenvalue weighted by atomic mass is 10.1. The first-order chi connectivity index (χ1) is 21.0. The van der Waals surface area contributed by atoms with Crippen LogP contribution in [0.2, 0.25) is 0 Å². The van der Waals surface area contributed by atoms with E-state index in [-0.39, 0.29) is 17.3 Å². The molecule has 1 heterocycles. The van der Waals surface area contributed by atoms with E-state index >= 15 is 0 Å². The second kappa shape index (κ2) is 12.6. The molecule has 1 aromatic heterocycles. The standard InChI is InChI=1S/C33H39N7O3S/c1-37(2)20-21-40(44(42,43)31-11-7-8-26-27(31)9-6-10-29(26)38(3)4)25-17-18-30-28(22-25)35-32(39(30)5)19-14-23-12-15-24(16-13-23)33(34)36-41/h6-13,15-18,22,41H,14,19-21H2,1-5H3,(H2,34,36). The number of hydrogen-bond donors (Lipinski definition) is 2. The Morgan fingerprint density at radius 1 is 0.909 bits per heavy atom. The molecule has 0 saturated heterocycles. The number of hydrogen-bond acceptors (Lipinski definition) is 7. The van der Waals surface area contributed by atoms with Gasteiger partial charge < -0.3 is 25.3 Å². The number of imidazole rings is 1. The maximum Gasteiger partial charge on any atom is 0.264 e. The molecule has 0 atom stereocenters. The van der Waals surface area contributed by atoms with E-state index in [0.717, 1.165) is 39.9 Å². The van der Waals surface area contributed by atoms with Crippen LogP contribution < -0.4 is 14.9 Å². The van der Waals surface area contributed by atoms with Gasteiger partial charge in [-0.15, -0.1) is 0 Å². The molecule has 5 aromatic rings. The van der Waals surface area contributed by atoms with Gasteiger partial charge in [-0.1, -0.05) is 53.7 Å². The van der Waals surface area contributed by atoms with Crippen molar-refractivity contribution in [2.45, 2.75) is 17.7 Å². The zero-order chi connectivity index (χ0) is 31.6. The quantitative estimate of drug-likeness (QED) is 0.0979. The van der Waals surface area contributed by atoms with Gasteiger partial charge in [-0.25, -0.2) is 13.4 Å². The lowest BCUT2D eigenvalue weighted by molar-refractivity contribution is 0.318. The minimum Gasteiger partial charge on any atom is -0.409 e. The molecule has 0 aliphatic rings. The predicted molar refractivity (Wildman–Crippen MR) is 178 cm³/mol. The molecule has 5 rings (SSSR count). The molecule has 0 amide bonds. The fourth-order valence-corrected chi connectivity index (χ4v) is 7.11. The van der Waals surface area contributed by atoms with Gasteiger partial charge in [0.05, 0.1) is 21.6 Å². The molecular formula is C33H39N7O3S. The molecule has 44 heavy (non-hydrogen) atoms. The highest BCUT2D eigenvalue weighted by atomic mass is 32.2. The third kappa shape index (κ3) is 6.06. The third-order valence-corrected chi connectivity index (χ3v) is 9.78. The number of aryl methyl sites for hydroxylation is 3. The van der Waals surface area contributed by atoms with E-state index < -0.39 is 10.0 Å². The fourth-order valence-electron chi connectivity index (χ4n) is 5.45. The molecule has 11 heteroatoms. The largest absolute Gasteiger partial charge is 0.409 e. The van der Waals surface area contributed by atoms with Crippen molar-refractivity contribution in [1.82, 2.24) is 14.5 Å². The van der Waals surface area contributed by atoms with Gasteiger partial charge in [0, 0.05) is 62.7 Å². The minimum atomic E-state index is -3.93. The number of sulfonamides is 1. The number of benzene rings is 4. The van der Waals surface area contributed by atoms with Crippen LogP contribution in [0.4, 0.5) is 11.4 Å². The molecule has 0 spiro atoms. The molecule has 0 unspecified atom stereocenters. The first-order valence-corrected chi connectivity index (χ1v) is 15.8. The first kappa shape index (κ1) is 30.8. The van der Waals surface area contributed by atoms with Crippen LogP contribution >= 0.6 is 0 Å². The first-order valence-electron chi connectivity index (χ1n) is 14.4. The van der Waals surface area contributed by atoms with E-state index in [0.29, 0.717) is 29.6 Å².